The Balaban J connectivity index is 2.62. The number of hydrogen-bond donors (Lipinski definition) is 0. The summed E-state index contributed by atoms with van der Waals surface area (Å²) in [5.74, 6) is -0.610. The van der Waals surface area contributed by atoms with Crippen LogP contribution in [0.5, 0.6) is 0 Å². The number of carbonyl (C=O) groups excluding carboxylic acids is 2. The Morgan fingerprint density at radius 2 is 1.80 bits per heavy atom. The predicted octanol–water partition coefficient (Wildman–Crippen LogP) is 1.99. The second-order valence-corrected chi connectivity index (χ2v) is 3.25. The average Bonchev–Trinajstić information content (AvgIpc) is 2.26. The van der Waals surface area contributed by atoms with Gasteiger partial charge in [-0.2, -0.15) is 0 Å². The SMILES string of the molecule is CCc1ccc(C(=O)COC(C)=O)cc1. The number of rotatable bonds is 4. The third-order valence-corrected chi connectivity index (χ3v) is 2.09. The second kappa shape index (κ2) is 5.29. The average molecular weight is 206 g/mol. The Hall–Kier alpha value is -1.64. The number of carbonyl (C=O) groups is 2. The summed E-state index contributed by atoms with van der Waals surface area (Å²) in [4.78, 5) is 22.0. The first-order valence-electron chi connectivity index (χ1n) is 4.89. The third-order valence-electron chi connectivity index (χ3n) is 2.09. The molecule has 0 aliphatic rings. The zero-order valence-corrected chi connectivity index (χ0v) is 8.95. The standard InChI is InChI=1S/C12H14O3/c1-3-10-4-6-11(7-5-10)12(14)8-15-9(2)13/h4-7H,3,8H2,1-2H3. The number of ketones is 1. The maximum Gasteiger partial charge on any atom is 0.303 e. The van der Waals surface area contributed by atoms with E-state index < -0.39 is 5.97 Å². The highest BCUT2D eigenvalue weighted by Gasteiger charge is 2.06. The van der Waals surface area contributed by atoms with Gasteiger partial charge in [-0.3, -0.25) is 9.59 Å². The van der Waals surface area contributed by atoms with Gasteiger partial charge in [0.2, 0.25) is 0 Å². The molecule has 0 aliphatic carbocycles. The molecule has 0 saturated heterocycles. The number of Topliss-reactive ketones (excluding diaryl/α,β-unsaturated/α-hetero) is 1. The van der Waals surface area contributed by atoms with Crippen LogP contribution in [-0.2, 0) is 16.0 Å². The molecule has 0 fully saturated rings. The van der Waals surface area contributed by atoms with Crippen LogP contribution in [0.1, 0.15) is 29.8 Å². The lowest BCUT2D eigenvalue weighted by Crippen LogP contribution is -2.11. The predicted molar refractivity (Wildman–Crippen MR) is 56.8 cm³/mol. The number of benzene rings is 1. The number of ether oxygens (including phenoxy) is 1. The van der Waals surface area contributed by atoms with Gasteiger partial charge in [0.15, 0.2) is 12.4 Å². The van der Waals surface area contributed by atoms with Crippen molar-refractivity contribution in [2.75, 3.05) is 6.61 Å². The van der Waals surface area contributed by atoms with Gasteiger partial charge in [0.1, 0.15) is 0 Å². The van der Waals surface area contributed by atoms with Crippen molar-refractivity contribution in [3.8, 4) is 0 Å². The van der Waals surface area contributed by atoms with Crippen molar-refractivity contribution in [3.05, 3.63) is 35.4 Å². The van der Waals surface area contributed by atoms with Gasteiger partial charge in [0.05, 0.1) is 0 Å². The Labute approximate surface area is 89.1 Å². The van der Waals surface area contributed by atoms with E-state index in [1.54, 1.807) is 12.1 Å². The molecule has 80 valence electrons. The lowest BCUT2D eigenvalue weighted by Gasteiger charge is -2.02. The molecule has 0 bridgehead atoms. The summed E-state index contributed by atoms with van der Waals surface area (Å²) in [6, 6.07) is 7.32. The smallest absolute Gasteiger partial charge is 0.303 e. The molecule has 1 aromatic carbocycles. The van der Waals surface area contributed by atoms with Crippen LogP contribution in [0.3, 0.4) is 0 Å². The second-order valence-electron chi connectivity index (χ2n) is 3.25. The van der Waals surface area contributed by atoms with E-state index in [1.165, 1.54) is 12.5 Å². The van der Waals surface area contributed by atoms with E-state index in [-0.39, 0.29) is 12.4 Å². The Bertz CT molecular complexity index is 352. The van der Waals surface area contributed by atoms with Crippen molar-refractivity contribution in [1.82, 2.24) is 0 Å². The molecule has 0 atom stereocenters. The van der Waals surface area contributed by atoms with Gasteiger partial charge >= 0.3 is 5.97 Å². The molecule has 0 amide bonds. The third kappa shape index (κ3) is 3.54. The van der Waals surface area contributed by atoms with Crippen molar-refractivity contribution in [2.45, 2.75) is 20.3 Å². The highest BCUT2D eigenvalue weighted by atomic mass is 16.5. The molecule has 0 aromatic heterocycles. The quantitative estimate of drug-likeness (QED) is 0.559. The lowest BCUT2D eigenvalue weighted by atomic mass is 10.1. The van der Waals surface area contributed by atoms with Gasteiger partial charge in [-0.05, 0) is 12.0 Å². The minimum Gasteiger partial charge on any atom is -0.457 e. The van der Waals surface area contributed by atoms with E-state index in [4.69, 9.17) is 0 Å². The van der Waals surface area contributed by atoms with Crippen LogP contribution in [0.4, 0.5) is 0 Å². The Morgan fingerprint density at radius 1 is 1.20 bits per heavy atom. The van der Waals surface area contributed by atoms with Crippen molar-refractivity contribution in [1.29, 1.82) is 0 Å². The fourth-order valence-electron chi connectivity index (χ4n) is 1.18. The van der Waals surface area contributed by atoms with Crippen molar-refractivity contribution in [2.24, 2.45) is 0 Å². The summed E-state index contributed by atoms with van der Waals surface area (Å²) in [7, 11) is 0. The zero-order chi connectivity index (χ0) is 11.3. The molecule has 1 aromatic rings. The van der Waals surface area contributed by atoms with Gasteiger partial charge in [-0.15, -0.1) is 0 Å². The number of hydrogen-bond acceptors (Lipinski definition) is 3. The molecule has 0 heterocycles. The van der Waals surface area contributed by atoms with E-state index >= 15 is 0 Å². The van der Waals surface area contributed by atoms with Gasteiger partial charge in [0, 0.05) is 12.5 Å². The topological polar surface area (TPSA) is 43.4 Å². The molecule has 0 unspecified atom stereocenters. The molecule has 0 N–H and O–H groups in total. The normalized spacial score (nSPS) is 9.73. The van der Waals surface area contributed by atoms with Crippen LogP contribution in [0.25, 0.3) is 0 Å². The molecule has 15 heavy (non-hydrogen) atoms. The first-order chi connectivity index (χ1) is 7.13. The number of esters is 1. The monoisotopic (exact) mass is 206 g/mol. The van der Waals surface area contributed by atoms with Crippen LogP contribution >= 0.6 is 0 Å². The van der Waals surface area contributed by atoms with Gasteiger partial charge in [-0.1, -0.05) is 31.2 Å². The molecule has 3 nitrogen and oxygen atoms in total. The summed E-state index contributed by atoms with van der Waals surface area (Å²) in [5, 5.41) is 0. The molecule has 1 rings (SSSR count). The first kappa shape index (κ1) is 11.4. The molecule has 0 saturated carbocycles. The first-order valence-corrected chi connectivity index (χ1v) is 4.89. The highest BCUT2D eigenvalue weighted by molar-refractivity contribution is 5.97. The summed E-state index contributed by atoms with van der Waals surface area (Å²) < 4.78 is 4.63. The summed E-state index contributed by atoms with van der Waals surface area (Å²) in [6.07, 6.45) is 0.943. The Kier molecular flexibility index (Phi) is 4.03. The fourth-order valence-corrected chi connectivity index (χ4v) is 1.18. The largest absolute Gasteiger partial charge is 0.457 e. The zero-order valence-electron chi connectivity index (χ0n) is 8.95. The van der Waals surface area contributed by atoms with Gasteiger partial charge < -0.3 is 4.74 Å². The maximum atomic E-state index is 11.5. The van der Waals surface area contributed by atoms with E-state index in [9.17, 15) is 9.59 Å². The summed E-state index contributed by atoms with van der Waals surface area (Å²) >= 11 is 0. The van der Waals surface area contributed by atoms with Crippen LogP contribution in [-0.4, -0.2) is 18.4 Å². The molecule has 0 radical (unpaired) electrons. The molecule has 3 heteroatoms. The minimum absolute atomic E-state index is 0.173. The highest BCUT2D eigenvalue weighted by Crippen LogP contribution is 2.06. The van der Waals surface area contributed by atoms with Crippen LogP contribution < -0.4 is 0 Å². The van der Waals surface area contributed by atoms with Crippen LogP contribution in [0.15, 0.2) is 24.3 Å². The van der Waals surface area contributed by atoms with E-state index in [1.807, 2.05) is 12.1 Å². The molecule has 0 spiro atoms. The summed E-state index contributed by atoms with van der Waals surface area (Å²) in [5.41, 5.74) is 1.76. The van der Waals surface area contributed by atoms with Crippen molar-refractivity contribution >= 4 is 11.8 Å². The summed E-state index contributed by atoms with van der Waals surface area (Å²) in [6.45, 7) is 3.16. The van der Waals surface area contributed by atoms with Gasteiger partial charge in [-0.25, -0.2) is 0 Å². The minimum atomic E-state index is -0.437. The van der Waals surface area contributed by atoms with Crippen molar-refractivity contribution < 1.29 is 14.3 Å². The van der Waals surface area contributed by atoms with Gasteiger partial charge in [0.25, 0.3) is 0 Å². The van der Waals surface area contributed by atoms with Crippen LogP contribution in [0, 0.1) is 0 Å². The molecular formula is C12H14O3. The molecule has 0 aliphatic heterocycles. The van der Waals surface area contributed by atoms with Crippen LogP contribution in [0.2, 0.25) is 0 Å². The van der Waals surface area contributed by atoms with E-state index in [2.05, 4.69) is 11.7 Å². The van der Waals surface area contributed by atoms with E-state index in [0.717, 1.165) is 6.42 Å². The van der Waals surface area contributed by atoms with Crippen molar-refractivity contribution in [3.63, 3.8) is 0 Å². The Morgan fingerprint density at radius 3 is 2.27 bits per heavy atom. The van der Waals surface area contributed by atoms with E-state index in [0.29, 0.717) is 5.56 Å². The number of aryl methyl sites for hydroxylation is 1. The lowest BCUT2D eigenvalue weighted by molar-refractivity contribution is -0.139. The maximum absolute atomic E-state index is 11.5. The molecular weight excluding hydrogens is 192 g/mol. The fraction of sp³-hybridized carbons (Fsp3) is 0.333.